The number of nitrogens with one attached hydrogen (secondary N) is 1. The normalized spacial score (nSPS) is 31.7. The monoisotopic (exact) mass is 558 g/mol. The predicted molar refractivity (Wildman–Crippen MR) is 137 cm³/mol. The van der Waals surface area contributed by atoms with E-state index in [1.807, 2.05) is 56.3 Å². The smallest absolute Gasteiger partial charge is 0.312 e. The van der Waals surface area contributed by atoms with Gasteiger partial charge < -0.3 is 24.8 Å². The molecular formula is C27H31BrN2O6. The Labute approximate surface area is 218 Å². The lowest BCUT2D eigenvalue weighted by molar-refractivity contribution is -0.155. The van der Waals surface area contributed by atoms with E-state index in [0.717, 1.165) is 10.8 Å². The average Bonchev–Trinajstić information content (AvgIpc) is 3.43. The number of hydrogen-bond donors (Lipinski definition) is 2. The summed E-state index contributed by atoms with van der Waals surface area (Å²) < 4.78 is 11.8. The van der Waals surface area contributed by atoms with Gasteiger partial charge in [-0.25, -0.2) is 0 Å². The highest BCUT2D eigenvalue weighted by atomic mass is 79.9. The van der Waals surface area contributed by atoms with Crippen molar-refractivity contribution in [3.05, 3.63) is 42.5 Å². The summed E-state index contributed by atoms with van der Waals surface area (Å²) in [6, 6.07) is 11.9. The van der Waals surface area contributed by atoms with Gasteiger partial charge in [-0.05, 0) is 42.2 Å². The van der Waals surface area contributed by atoms with Crippen molar-refractivity contribution in [2.45, 2.75) is 55.8 Å². The Morgan fingerprint density at radius 2 is 1.97 bits per heavy atom. The SMILES string of the molecule is CCOC(=O)[C@H]1[C@@H]2O[C@@]3(CC2Br)[C@@H]1C(=O)N([C@@H](CO)C(C)C)[C@@H]3C(=O)Nc1ccc2ccccc2c1. The number of alkyl halides is 1. The van der Waals surface area contributed by atoms with E-state index >= 15 is 0 Å². The molecule has 3 aliphatic heterocycles. The molecule has 2 N–H and O–H groups in total. The molecule has 1 unspecified atom stereocenters. The maximum absolute atomic E-state index is 14.0. The molecule has 0 aromatic heterocycles. The van der Waals surface area contributed by atoms with Crippen LogP contribution in [0.2, 0.25) is 0 Å². The molecule has 5 rings (SSSR count). The van der Waals surface area contributed by atoms with E-state index in [4.69, 9.17) is 9.47 Å². The lowest BCUT2D eigenvalue weighted by atomic mass is 9.70. The van der Waals surface area contributed by atoms with Gasteiger partial charge in [0, 0.05) is 10.5 Å². The first-order chi connectivity index (χ1) is 17.2. The van der Waals surface area contributed by atoms with Crippen LogP contribution in [0.3, 0.4) is 0 Å². The third-order valence-electron chi connectivity index (χ3n) is 7.87. The van der Waals surface area contributed by atoms with E-state index in [0.29, 0.717) is 12.1 Å². The molecule has 3 saturated heterocycles. The number of esters is 1. The van der Waals surface area contributed by atoms with Crippen LogP contribution in [-0.4, -0.2) is 69.6 Å². The molecule has 8 nitrogen and oxygen atoms in total. The van der Waals surface area contributed by atoms with Crippen molar-refractivity contribution in [3.63, 3.8) is 0 Å². The lowest BCUT2D eigenvalue weighted by Gasteiger charge is -2.38. The minimum Gasteiger partial charge on any atom is -0.466 e. The van der Waals surface area contributed by atoms with Crippen LogP contribution < -0.4 is 5.32 Å². The first-order valence-corrected chi connectivity index (χ1v) is 13.4. The number of carbonyl (C=O) groups excluding carboxylic acids is 3. The quantitative estimate of drug-likeness (QED) is 0.399. The first-order valence-electron chi connectivity index (χ1n) is 12.4. The van der Waals surface area contributed by atoms with Crippen LogP contribution in [0.1, 0.15) is 27.2 Å². The van der Waals surface area contributed by atoms with E-state index in [2.05, 4.69) is 21.2 Å². The molecule has 1 spiro atoms. The molecule has 7 atom stereocenters. The van der Waals surface area contributed by atoms with E-state index in [-0.39, 0.29) is 29.9 Å². The van der Waals surface area contributed by atoms with Crippen LogP contribution in [0.25, 0.3) is 10.8 Å². The number of benzene rings is 2. The average molecular weight is 559 g/mol. The summed E-state index contributed by atoms with van der Waals surface area (Å²) in [5.41, 5.74) is -0.600. The van der Waals surface area contributed by atoms with Gasteiger partial charge in [-0.1, -0.05) is 60.1 Å². The van der Waals surface area contributed by atoms with Gasteiger partial charge in [-0.2, -0.15) is 0 Å². The van der Waals surface area contributed by atoms with Crippen LogP contribution in [-0.2, 0) is 23.9 Å². The van der Waals surface area contributed by atoms with Gasteiger partial charge in [-0.3, -0.25) is 14.4 Å². The second-order valence-electron chi connectivity index (χ2n) is 10.2. The van der Waals surface area contributed by atoms with Gasteiger partial charge in [0.15, 0.2) is 0 Å². The number of aliphatic hydroxyl groups is 1. The second-order valence-corrected chi connectivity index (χ2v) is 11.4. The van der Waals surface area contributed by atoms with E-state index in [1.54, 1.807) is 6.92 Å². The predicted octanol–water partition coefficient (Wildman–Crippen LogP) is 3.11. The van der Waals surface area contributed by atoms with Crippen molar-refractivity contribution < 1.29 is 29.0 Å². The summed E-state index contributed by atoms with van der Waals surface area (Å²) >= 11 is 3.64. The number of fused-ring (bicyclic) bond motifs is 2. The van der Waals surface area contributed by atoms with Gasteiger partial charge in [0.2, 0.25) is 11.8 Å². The van der Waals surface area contributed by atoms with E-state index in [9.17, 15) is 19.5 Å². The number of hydrogen-bond acceptors (Lipinski definition) is 6. The molecule has 2 bridgehead atoms. The Bertz CT molecular complexity index is 1200. The fourth-order valence-corrected chi connectivity index (χ4v) is 7.27. The summed E-state index contributed by atoms with van der Waals surface area (Å²) in [5, 5.41) is 15.3. The zero-order chi connectivity index (χ0) is 25.8. The number of likely N-dealkylation sites (tertiary alicyclic amines) is 1. The van der Waals surface area contributed by atoms with Crippen molar-refractivity contribution in [1.82, 2.24) is 4.90 Å². The fourth-order valence-electron chi connectivity index (χ4n) is 6.33. The third-order valence-corrected chi connectivity index (χ3v) is 8.71. The molecule has 0 saturated carbocycles. The molecule has 9 heteroatoms. The zero-order valence-corrected chi connectivity index (χ0v) is 22.1. The summed E-state index contributed by atoms with van der Waals surface area (Å²) in [4.78, 5) is 42.2. The van der Waals surface area contributed by atoms with Crippen LogP contribution in [0.5, 0.6) is 0 Å². The number of amides is 2. The number of halogens is 1. The van der Waals surface area contributed by atoms with Crippen molar-refractivity contribution in [1.29, 1.82) is 0 Å². The van der Waals surface area contributed by atoms with Gasteiger partial charge in [0.05, 0.1) is 37.2 Å². The first kappa shape index (κ1) is 25.2. The van der Waals surface area contributed by atoms with Gasteiger partial charge in [0.1, 0.15) is 11.6 Å². The van der Waals surface area contributed by atoms with Gasteiger partial charge >= 0.3 is 5.97 Å². The molecule has 2 aromatic carbocycles. The molecule has 2 aromatic rings. The van der Waals surface area contributed by atoms with Crippen molar-refractivity contribution in [2.75, 3.05) is 18.5 Å². The molecule has 0 aliphatic carbocycles. The van der Waals surface area contributed by atoms with Gasteiger partial charge in [0.25, 0.3) is 0 Å². The Kier molecular flexibility index (Phi) is 6.59. The molecule has 192 valence electrons. The topological polar surface area (TPSA) is 105 Å². The molecule has 3 aliphatic rings. The zero-order valence-electron chi connectivity index (χ0n) is 20.5. The Balaban J connectivity index is 1.56. The van der Waals surface area contributed by atoms with Crippen molar-refractivity contribution >= 4 is 50.2 Å². The summed E-state index contributed by atoms with van der Waals surface area (Å²) in [7, 11) is 0. The van der Waals surface area contributed by atoms with Crippen molar-refractivity contribution in [3.8, 4) is 0 Å². The summed E-state index contributed by atoms with van der Waals surface area (Å²) in [5.74, 6) is -3.03. The van der Waals surface area contributed by atoms with Crippen LogP contribution in [0.4, 0.5) is 5.69 Å². The molecule has 2 amide bonds. The van der Waals surface area contributed by atoms with Crippen LogP contribution >= 0.6 is 15.9 Å². The highest BCUT2D eigenvalue weighted by Crippen LogP contribution is 2.60. The van der Waals surface area contributed by atoms with E-state index in [1.165, 1.54) is 4.90 Å². The number of nitrogens with zero attached hydrogens (tertiary/aromatic N) is 1. The number of ether oxygens (including phenoxy) is 2. The molecule has 0 radical (unpaired) electrons. The van der Waals surface area contributed by atoms with E-state index < -0.39 is 47.5 Å². The Morgan fingerprint density at radius 3 is 2.64 bits per heavy atom. The number of anilines is 1. The van der Waals surface area contributed by atoms with Gasteiger partial charge in [-0.15, -0.1) is 0 Å². The fraction of sp³-hybridized carbons (Fsp3) is 0.519. The molecular weight excluding hydrogens is 528 g/mol. The van der Waals surface area contributed by atoms with Crippen LogP contribution in [0.15, 0.2) is 42.5 Å². The second kappa shape index (κ2) is 9.43. The number of rotatable bonds is 7. The Morgan fingerprint density at radius 1 is 1.25 bits per heavy atom. The number of carbonyl (C=O) groups is 3. The molecule has 36 heavy (non-hydrogen) atoms. The summed E-state index contributed by atoms with van der Waals surface area (Å²) in [6.45, 7) is 5.39. The maximum Gasteiger partial charge on any atom is 0.312 e. The minimum absolute atomic E-state index is 0.122. The number of aliphatic hydroxyl groups excluding tert-OH is 1. The maximum atomic E-state index is 14.0. The minimum atomic E-state index is -1.20. The highest BCUT2D eigenvalue weighted by Gasteiger charge is 2.77. The summed E-state index contributed by atoms with van der Waals surface area (Å²) in [6.07, 6.45) is -0.172. The highest BCUT2D eigenvalue weighted by molar-refractivity contribution is 9.09. The Hall–Kier alpha value is -2.49. The molecule has 3 fully saturated rings. The standard InChI is InChI=1S/C27H31BrN2O6/c1-4-35-26(34)20-21-25(33)30(19(13-31)14(2)3)23(27(21)12-18(28)22(20)36-27)24(32)29-17-10-9-15-7-5-6-8-16(15)11-17/h5-11,14,18-23,31H,4,12-13H2,1-3H3,(H,29,32)/t18?,19-,20+,21-,22+,23+,27-/m0/s1. The van der Waals surface area contributed by atoms with Crippen LogP contribution in [0, 0.1) is 17.8 Å². The largest absolute Gasteiger partial charge is 0.466 e. The van der Waals surface area contributed by atoms with Crippen molar-refractivity contribution in [2.24, 2.45) is 17.8 Å². The lowest BCUT2D eigenvalue weighted by Crippen LogP contribution is -2.57. The molecule has 3 heterocycles. The third kappa shape index (κ3) is 3.74.